The Hall–Kier alpha value is -2.08. The number of nitrogens with one attached hydrogen (secondary N) is 1. The molecule has 0 radical (unpaired) electrons. The van der Waals surface area contributed by atoms with Gasteiger partial charge in [0.1, 0.15) is 10.8 Å². The second-order valence-corrected chi connectivity index (χ2v) is 6.82. The summed E-state index contributed by atoms with van der Waals surface area (Å²) in [6.07, 6.45) is 3.32. The van der Waals surface area contributed by atoms with Gasteiger partial charge < -0.3 is 10.1 Å². The van der Waals surface area contributed by atoms with Crippen LogP contribution in [0.25, 0.3) is 21.2 Å². The number of halogens is 1. The maximum absolute atomic E-state index is 8.80. The largest absolute Gasteiger partial charge is 0.468 e. The third kappa shape index (κ3) is 2.91. The van der Waals surface area contributed by atoms with Crippen LogP contribution in [0.1, 0.15) is 26.3 Å². The van der Waals surface area contributed by atoms with Crippen LogP contribution >= 0.6 is 11.6 Å². The van der Waals surface area contributed by atoms with Crippen LogP contribution in [0, 0.1) is 0 Å². The summed E-state index contributed by atoms with van der Waals surface area (Å²) in [4.78, 5) is 11.5. The summed E-state index contributed by atoms with van der Waals surface area (Å²) >= 11 is 6.06. The first-order chi connectivity index (χ1) is 10.8. The molecule has 0 amide bonds. The maximum atomic E-state index is 8.80. The lowest BCUT2D eigenvalue weighted by atomic mass is 9.93. The Bertz CT molecular complexity index is 811. The lowest BCUT2D eigenvalue weighted by Gasteiger charge is -2.39. The Morgan fingerprint density at radius 1 is 1.35 bits per heavy atom. The number of ether oxygens (including phenoxy) is 1. The van der Waals surface area contributed by atoms with E-state index in [1.54, 1.807) is 18.5 Å². The van der Waals surface area contributed by atoms with Crippen molar-refractivity contribution in [3.05, 3.63) is 39.6 Å². The molecule has 120 valence electrons. The number of pyridine rings is 2. The fourth-order valence-corrected chi connectivity index (χ4v) is 2.76. The number of fused-ring (bicyclic) bond motifs is 1. The van der Waals surface area contributed by atoms with Crippen molar-refractivity contribution < 1.29 is 4.74 Å². The summed E-state index contributed by atoms with van der Waals surface area (Å²) in [6, 6.07) is 1.75. The molecular weight excluding hydrogens is 316 g/mol. The summed E-state index contributed by atoms with van der Waals surface area (Å²) in [7, 11) is 0. The lowest BCUT2D eigenvalue weighted by molar-refractivity contribution is 0.0320. The minimum Gasteiger partial charge on any atom is -0.468 e. The van der Waals surface area contributed by atoms with Crippen molar-refractivity contribution in [3.8, 4) is 5.88 Å². The summed E-state index contributed by atoms with van der Waals surface area (Å²) in [5.74, 6) is 0.508. The predicted octanol–water partition coefficient (Wildman–Crippen LogP) is 3.57. The molecular formula is C15H17ClN6O. The molecule has 1 aliphatic rings. The van der Waals surface area contributed by atoms with Gasteiger partial charge in [-0.3, -0.25) is 0 Å². The van der Waals surface area contributed by atoms with Crippen LogP contribution in [0.3, 0.4) is 0 Å². The van der Waals surface area contributed by atoms with Crippen molar-refractivity contribution in [2.75, 3.05) is 13.1 Å². The van der Waals surface area contributed by atoms with Crippen molar-refractivity contribution in [1.29, 1.82) is 0 Å². The predicted molar refractivity (Wildman–Crippen MR) is 88.6 cm³/mol. The highest BCUT2D eigenvalue weighted by molar-refractivity contribution is 6.30. The average Bonchev–Trinajstić information content (AvgIpc) is 2.45. The summed E-state index contributed by atoms with van der Waals surface area (Å²) in [5.41, 5.74) is 8.55. The summed E-state index contributed by atoms with van der Waals surface area (Å²) in [6.45, 7) is 7.22. The molecule has 1 saturated heterocycles. The van der Waals surface area contributed by atoms with Gasteiger partial charge in [-0.2, -0.15) is 0 Å². The van der Waals surface area contributed by atoms with Gasteiger partial charge >= 0.3 is 0 Å². The average molecular weight is 333 g/mol. The molecule has 7 nitrogen and oxygen atoms in total. The van der Waals surface area contributed by atoms with E-state index in [2.05, 4.69) is 25.3 Å². The molecule has 23 heavy (non-hydrogen) atoms. The SMILES string of the molecule is CC1(Oc2ncc(C(C)(C)N=[N+]=[N-])c3cc(Cl)ncc23)CNC1. The Labute approximate surface area is 138 Å². The molecule has 0 saturated carbocycles. The van der Waals surface area contributed by atoms with Crippen LogP contribution in [0.2, 0.25) is 5.15 Å². The minimum atomic E-state index is -0.759. The Balaban J connectivity index is 2.17. The van der Waals surface area contributed by atoms with Gasteiger partial charge in [-0.05, 0) is 29.5 Å². The van der Waals surface area contributed by atoms with Crippen molar-refractivity contribution in [1.82, 2.24) is 15.3 Å². The van der Waals surface area contributed by atoms with Crippen molar-refractivity contribution in [3.63, 3.8) is 0 Å². The molecule has 2 aromatic heterocycles. The second kappa shape index (κ2) is 5.53. The highest BCUT2D eigenvalue weighted by Crippen LogP contribution is 2.36. The van der Waals surface area contributed by atoms with Crippen LogP contribution in [-0.2, 0) is 5.54 Å². The number of aromatic nitrogens is 2. The molecule has 0 aromatic carbocycles. The van der Waals surface area contributed by atoms with Gasteiger partial charge in [0, 0.05) is 30.4 Å². The van der Waals surface area contributed by atoms with E-state index in [4.69, 9.17) is 21.9 Å². The first-order valence-electron chi connectivity index (χ1n) is 7.25. The third-order valence-electron chi connectivity index (χ3n) is 4.00. The molecule has 3 rings (SSSR count). The zero-order valence-electron chi connectivity index (χ0n) is 13.2. The van der Waals surface area contributed by atoms with Crippen molar-refractivity contribution >= 4 is 22.4 Å². The topological polar surface area (TPSA) is 95.8 Å². The van der Waals surface area contributed by atoms with Gasteiger partial charge in [0.05, 0.1) is 10.9 Å². The number of rotatable bonds is 4. The maximum Gasteiger partial charge on any atom is 0.223 e. The number of hydrogen-bond donors (Lipinski definition) is 1. The molecule has 8 heteroatoms. The summed E-state index contributed by atoms with van der Waals surface area (Å²) in [5, 5.41) is 8.99. The van der Waals surface area contributed by atoms with Gasteiger partial charge in [-0.25, -0.2) is 9.97 Å². The molecule has 1 fully saturated rings. The van der Waals surface area contributed by atoms with E-state index in [1.165, 1.54) is 0 Å². The highest BCUT2D eigenvalue weighted by atomic mass is 35.5. The number of hydrogen-bond acceptors (Lipinski definition) is 5. The van der Waals surface area contributed by atoms with E-state index in [0.29, 0.717) is 11.0 Å². The molecule has 0 bridgehead atoms. The molecule has 0 spiro atoms. The highest BCUT2D eigenvalue weighted by Gasteiger charge is 2.35. The van der Waals surface area contributed by atoms with Crippen LogP contribution < -0.4 is 10.1 Å². The Kier molecular flexibility index (Phi) is 3.80. The molecule has 3 heterocycles. The fraction of sp³-hybridized carbons (Fsp3) is 0.467. The van der Waals surface area contributed by atoms with E-state index >= 15 is 0 Å². The van der Waals surface area contributed by atoms with E-state index < -0.39 is 5.54 Å². The fourth-order valence-electron chi connectivity index (χ4n) is 2.60. The second-order valence-electron chi connectivity index (χ2n) is 6.43. The molecule has 0 aliphatic carbocycles. The zero-order valence-corrected chi connectivity index (χ0v) is 13.9. The quantitative estimate of drug-likeness (QED) is 0.400. The van der Waals surface area contributed by atoms with Gasteiger partial charge in [0.25, 0.3) is 0 Å². The molecule has 2 aromatic rings. The van der Waals surface area contributed by atoms with Crippen LogP contribution in [0.15, 0.2) is 23.6 Å². The molecule has 1 aliphatic heterocycles. The number of azide groups is 1. The van der Waals surface area contributed by atoms with Crippen LogP contribution in [0.5, 0.6) is 5.88 Å². The van der Waals surface area contributed by atoms with E-state index in [0.717, 1.165) is 29.4 Å². The molecule has 0 unspecified atom stereocenters. The zero-order chi connectivity index (χ0) is 16.7. The molecule has 0 atom stereocenters. The van der Waals surface area contributed by atoms with Gasteiger partial charge in [-0.15, -0.1) is 0 Å². The normalized spacial score (nSPS) is 16.5. The standard InChI is InChI=1S/C15H17ClN6O/c1-14(2,21-22-17)11-6-20-13(23-15(3)7-18-8-15)10-5-19-12(16)4-9(10)11/h4-6,18H,7-8H2,1-3H3. The Morgan fingerprint density at radius 2 is 2.09 bits per heavy atom. The number of nitrogens with zero attached hydrogens (tertiary/aromatic N) is 5. The first kappa shape index (κ1) is 15.8. The van der Waals surface area contributed by atoms with E-state index in [1.807, 2.05) is 20.8 Å². The van der Waals surface area contributed by atoms with Gasteiger partial charge in [0.2, 0.25) is 5.88 Å². The third-order valence-corrected chi connectivity index (χ3v) is 4.20. The monoisotopic (exact) mass is 332 g/mol. The van der Waals surface area contributed by atoms with Crippen molar-refractivity contribution in [2.24, 2.45) is 5.11 Å². The van der Waals surface area contributed by atoms with E-state index in [9.17, 15) is 0 Å². The van der Waals surface area contributed by atoms with Crippen LogP contribution in [0.4, 0.5) is 0 Å². The summed E-state index contributed by atoms with van der Waals surface area (Å²) < 4.78 is 6.06. The van der Waals surface area contributed by atoms with Gasteiger partial charge in [-0.1, -0.05) is 30.6 Å². The van der Waals surface area contributed by atoms with Crippen molar-refractivity contribution in [2.45, 2.75) is 31.9 Å². The molecule has 1 N–H and O–H groups in total. The minimum absolute atomic E-state index is 0.276. The van der Waals surface area contributed by atoms with Gasteiger partial charge in [0.15, 0.2) is 0 Å². The van der Waals surface area contributed by atoms with Crippen LogP contribution in [-0.4, -0.2) is 28.7 Å². The Morgan fingerprint density at radius 3 is 2.70 bits per heavy atom. The van der Waals surface area contributed by atoms with E-state index in [-0.39, 0.29) is 5.60 Å². The smallest absolute Gasteiger partial charge is 0.223 e. The first-order valence-corrected chi connectivity index (χ1v) is 7.63. The lowest BCUT2D eigenvalue weighted by Crippen LogP contribution is -2.61.